The predicted octanol–water partition coefficient (Wildman–Crippen LogP) is 3.61. The van der Waals surface area contributed by atoms with Gasteiger partial charge in [-0.25, -0.2) is 13.4 Å². The molecule has 0 spiro atoms. The summed E-state index contributed by atoms with van der Waals surface area (Å²) in [5.41, 5.74) is 1.24. The van der Waals surface area contributed by atoms with E-state index in [2.05, 4.69) is 15.0 Å². The van der Waals surface area contributed by atoms with Crippen LogP contribution >= 0.6 is 11.3 Å². The largest absolute Gasteiger partial charge is 0.451 e. The molecule has 2 aromatic carbocycles. The van der Waals surface area contributed by atoms with E-state index >= 15 is 0 Å². The Morgan fingerprint density at radius 3 is 2.57 bits per heavy atom. The van der Waals surface area contributed by atoms with Crippen LogP contribution in [0, 0.1) is 6.92 Å². The monoisotopic (exact) mass is 441 g/mol. The summed E-state index contributed by atoms with van der Waals surface area (Å²) < 4.78 is 32.7. The van der Waals surface area contributed by atoms with Crippen LogP contribution in [-0.4, -0.2) is 19.3 Å². The Hall–Kier alpha value is -3.50. The molecule has 0 saturated carbocycles. The van der Waals surface area contributed by atoms with E-state index in [0.717, 1.165) is 23.0 Å². The summed E-state index contributed by atoms with van der Waals surface area (Å²) in [6.45, 7) is 1.85. The summed E-state index contributed by atoms with van der Waals surface area (Å²) in [5.74, 6) is -0.757. The number of carbonyl (C=O) groups is 1. The Morgan fingerprint density at radius 1 is 1.10 bits per heavy atom. The number of benzene rings is 2. The van der Waals surface area contributed by atoms with Crippen molar-refractivity contribution in [2.75, 3.05) is 10.0 Å². The molecule has 0 atom stereocenters. The van der Waals surface area contributed by atoms with Gasteiger partial charge >= 0.3 is 0 Å². The van der Waals surface area contributed by atoms with E-state index < -0.39 is 15.9 Å². The van der Waals surface area contributed by atoms with E-state index in [-0.39, 0.29) is 21.2 Å². The van der Waals surface area contributed by atoms with Crippen molar-refractivity contribution in [2.24, 2.45) is 0 Å². The highest BCUT2D eigenvalue weighted by Crippen LogP contribution is 2.20. The first-order chi connectivity index (χ1) is 14.3. The van der Waals surface area contributed by atoms with E-state index in [1.54, 1.807) is 23.6 Å². The molecule has 1 amide bonds. The predicted molar refractivity (Wildman–Crippen MR) is 115 cm³/mol. The van der Waals surface area contributed by atoms with E-state index in [1.165, 1.54) is 30.5 Å². The maximum atomic E-state index is 12.5. The van der Waals surface area contributed by atoms with Crippen LogP contribution in [0.25, 0.3) is 11.0 Å². The normalized spacial score (nSPS) is 11.4. The molecule has 0 saturated heterocycles. The minimum atomic E-state index is -3.79. The minimum Gasteiger partial charge on any atom is -0.451 e. The summed E-state index contributed by atoms with van der Waals surface area (Å²) >= 11 is 1.16. The second kappa shape index (κ2) is 7.73. The maximum absolute atomic E-state index is 12.5. The number of aromatic nitrogens is 1. The Morgan fingerprint density at radius 2 is 1.87 bits per heavy atom. The van der Waals surface area contributed by atoms with Gasteiger partial charge in [0.1, 0.15) is 5.58 Å². The van der Waals surface area contributed by atoms with Gasteiger partial charge in [-0.15, -0.1) is 11.3 Å². The molecule has 4 rings (SSSR count). The summed E-state index contributed by atoms with van der Waals surface area (Å²) in [5, 5.41) is 4.89. The van der Waals surface area contributed by atoms with E-state index in [4.69, 9.17) is 4.42 Å². The van der Waals surface area contributed by atoms with Crippen LogP contribution in [0.3, 0.4) is 0 Å². The Kier molecular flexibility index (Phi) is 5.10. The summed E-state index contributed by atoms with van der Waals surface area (Å²) in [6.07, 6.45) is 1.49. The third-order valence-electron chi connectivity index (χ3n) is 4.18. The standard InChI is InChI=1S/C20H15N3O5S2/c1-12-2-7-15-16(24)11-18(28-17(15)10-12)19(25)22-13-3-5-14(6-4-13)30(26,27)23-20-21-8-9-29-20/h2-11H,1H3,(H,21,23)(H,22,25). The average Bonchev–Trinajstić information content (AvgIpc) is 3.20. The van der Waals surface area contributed by atoms with Crippen molar-refractivity contribution in [3.63, 3.8) is 0 Å². The fraction of sp³-hybridized carbons (Fsp3) is 0.0500. The van der Waals surface area contributed by atoms with Crippen molar-refractivity contribution in [1.29, 1.82) is 0 Å². The molecule has 0 aliphatic heterocycles. The number of sulfonamides is 1. The number of nitrogens with zero attached hydrogens (tertiary/aromatic N) is 1. The van der Waals surface area contributed by atoms with Gasteiger partial charge in [0.25, 0.3) is 15.9 Å². The number of fused-ring (bicyclic) bond motifs is 1. The maximum Gasteiger partial charge on any atom is 0.291 e. The summed E-state index contributed by atoms with van der Waals surface area (Å²) in [4.78, 5) is 28.6. The highest BCUT2D eigenvalue weighted by atomic mass is 32.2. The zero-order valence-electron chi connectivity index (χ0n) is 15.6. The van der Waals surface area contributed by atoms with Gasteiger partial charge in [-0.1, -0.05) is 6.07 Å². The number of aryl methyl sites for hydroxylation is 1. The lowest BCUT2D eigenvalue weighted by Crippen LogP contribution is -2.15. The zero-order chi connectivity index (χ0) is 21.3. The quantitative estimate of drug-likeness (QED) is 0.488. The van der Waals surface area contributed by atoms with Crippen LogP contribution in [0.5, 0.6) is 0 Å². The van der Waals surface area contributed by atoms with Crippen LogP contribution in [0.1, 0.15) is 16.1 Å². The molecule has 0 radical (unpaired) electrons. The van der Waals surface area contributed by atoms with Crippen LogP contribution in [-0.2, 0) is 10.0 Å². The van der Waals surface area contributed by atoms with Crippen molar-refractivity contribution in [1.82, 2.24) is 4.98 Å². The van der Waals surface area contributed by atoms with Gasteiger partial charge < -0.3 is 9.73 Å². The lowest BCUT2D eigenvalue weighted by Gasteiger charge is -2.08. The first-order valence-corrected chi connectivity index (χ1v) is 11.1. The van der Waals surface area contributed by atoms with Gasteiger partial charge in [0.15, 0.2) is 16.3 Å². The fourth-order valence-electron chi connectivity index (χ4n) is 2.73. The highest BCUT2D eigenvalue weighted by Gasteiger charge is 2.17. The molecular weight excluding hydrogens is 426 g/mol. The Balaban J connectivity index is 1.54. The fourth-order valence-corrected chi connectivity index (χ4v) is 4.52. The van der Waals surface area contributed by atoms with Crippen molar-refractivity contribution >= 4 is 49.1 Å². The molecule has 2 N–H and O–H groups in total. The molecule has 152 valence electrons. The van der Waals surface area contributed by atoms with Gasteiger partial charge in [-0.3, -0.25) is 14.3 Å². The third-order valence-corrected chi connectivity index (χ3v) is 6.36. The topological polar surface area (TPSA) is 118 Å². The van der Waals surface area contributed by atoms with E-state index in [0.29, 0.717) is 16.7 Å². The number of carbonyl (C=O) groups excluding carboxylic acids is 1. The van der Waals surface area contributed by atoms with Gasteiger partial charge in [0.2, 0.25) is 0 Å². The van der Waals surface area contributed by atoms with Gasteiger partial charge in [0, 0.05) is 23.3 Å². The van der Waals surface area contributed by atoms with E-state index in [1.807, 2.05) is 6.92 Å². The lowest BCUT2D eigenvalue weighted by molar-refractivity contribution is 0.0997. The molecule has 30 heavy (non-hydrogen) atoms. The second-order valence-electron chi connectivity index (χ2n) is 6.40. The summed E-state index contributed by atoms with van der Waals surface area (Å²) in [6, 6.07) is 11.8. The molecule has 0 bridgehead atoms. The van der Waals surface area contributed by atoms with Gasteiger partial charge in [0.05, 0.1) is 10.3 Å². The smallest absolute Gasteiger partial charge is 0.291 e. The molecule has 0 aliphatic carbocycles. The molecule has 0 aliphatic rings. The van der Waals surface area contributed by atoms with Gasteiger partial charge in [-0.05, 0) is 48.9 Å². The molecule has 8 nitrogen and oxygen atoms in total. The Bertz CT molecular complexity index is 1390. The summed E-state index contributed by atoms with van der Waals surface area (Å²) in [7, 11) is -3.79. The lowest BCUT2D eigenvalue weighted by atomic mass is 10.1. The Labute approximate surface area is 175 Å². The van der Waals surface area contributed by atoms with Crippen LogP contribution in [0.2, 0.25) is 0 Å². The molecule has 10 heteroatoms. The molecule has 4 aromatic rings. The number of rotatable bonds is 5. The van der Waals surface area contributed by atoms with Crippen LogP contribution in [0.4, 0.5) is 10.8 Å². The first-order valence-electron chi connectivity index (χ1n) is 8.70. The molecule has 2 aromatic heterocycles. The molecule has 0 fully saturated rings. The number of hydrogen-bond donors (Lipinski definition) is 2. The molecular formula is C20H15N3O5S2. The number of thiazole rings is 1. The zero-order valence-corrected chi connectivity index (χ0v) is 17.2. The minimum absolute atomic E-state index is 0.0170. The number of anilines is 2. The molecule has 0 unspecified atom stereocenters. The number of nitrogens with one attached hydrogen (secondary N) is 2. The van der Waals surface area contributed by atoms with E-state index in [9.17, 15) is 18.0 Å². The van der Waals surface area contributed by atoms with Crippen LogP contribution < -0.4 is 15.5 Å². The van der Waals surface area contributed by atoms with Crippen molar-refractivity contribution in [3.8, 4) is 0 Å². The first kappa shape index (κ1) is 19.8. The molecule has 2 heterocycles. The van der Waals surface area contributed by atoms with Crippen LogP contribution in [0.15, 0.2) is 74.2 Å². The SMILES string of the molecule is Cc1ccc2c(=O)cc(C(=O)Nc3ccc(S(=O)(=O)Nc4nccs4)cc3)oc2c1. The van der Waals surface area contributed by atoms with Crippen molar-refractivity contribution in [3.05, 3.63) is 81.7 Å². The van der Waals surface area contributed by atoms with Crippen molar-refractivity contribution < 1.29 is 17.6 Å². The van der Waals surface area contributed by atoms with Crippen molar-refractivity contribution in [2.45, 2.75) is 11.8 Å². The highest BCUT2D eigenvalue weighted by molar-refractivity contribution is 7.93. The average molecular weight is 441 g/mol. The third kappa shape index (κ3) is 4.09. The second-order valence-corrected chi connectivity index (χ2v) is 8.97. The van der Waals surface area contributed by atoms with Gasteiger partial charge in [-0.2, -0.15) is 0 Å². The number of amides is 1. The number of hydrogen-bond acceptors (Lipinski definition) is 7.